The number of ether oxygens (including phenoxy) is 1. The Kier molecular flexibility index (Phi) is 10.3. The van der Waals surface area contributed by atoms with Crippen molar-refractivity contribution >= 4 is 5.97 Å². The van der Waals surface area contributed by atoms with E-state index in [2.05, 4.69) is 32.0 Å². The molecule has 1 aliphatic carbocycles. The summed E-state index contributed by atoms with van der Waals surface area (Å²) < 4.78 is 5.64. The molecule has 3 nitrogen and oxygen atoms in total. The molecule has 1 aromatic carbocycles. The fraction of sp³-hybridized carbons (Fsp3) is 0.692. The van der Waals surface area contributed by atoms with E-state index in [1.165, 1.54) is 50.5 Å². The van der Waals surface area contributed by atoms with Gasteiger partial charge in [-0.05, 0) is 62.6 Å². The topological polar surface area (TPSA) is 50.1 Å². The molecule has 0 spiro atoms. The summed E-state index contributed by atoms with van der Waals surface area (Å²) in [6.45, 7) is 4.43. The summed E-state index contributed by atoms with van der Waals surface area (Å²) in [7, 11) is 0. The first-order chi connectivity index (χ1) is 14.1. The number of nitriles is 1. The number of aryl methyl sites for hydroxylation is 1. The van der Waals surface area contributed by atoms with Crippen LogP contribution in [0.25, 0.3) is 0 Å². The maximum atomic E-state index is 12.6. The Morgan fingerprint density at radius 1 is 1.00 bits per heavy atom. The van der Waals surface area contributed by atoms with Crippen molar-refractivity contribution in [2.24, 2.45) is 11.3 Å². The van der Waals surface area contributed by atoms with Crippen LogP contribution in [0.1, 0.15) is 103 Å². The van der Waals surface area contributed by atoms with Crippen molar-refractivity contribution in [1.82, 2.24) is 0 Å². The minimum Gasteiger partial charge on any atom is -0.426 e. The zero-order chi connectivity index (χ0) is 21.0. The Balaban J connectivity index is 1.76. The lowest BCUT2D eigenvalue weighted by molar-refractivity contribution is -0.140. The summed E-state index contributed by atoms with van der Waals surface area (Å²) >= 11 is 0. The van der Waals surface area contributed by atoms with Crippen LogP contribution in [-0.4, -0.2) is 5.97 Å². The average Bonchev–Trinajstić information content (AvgIpc) is 2.75. The maximum Gasteiger partial charge on any atom is 0.314 e. The lowest BCUT2D eigenvalue weighted by Crippen LogP contribution is -2.31. The Labute approximate surface area is 177 Å². The molecule has 0 bridgehead atoms. The molecular weight excluding hydrogens is 358 g/mol. The highest BCUT2D eigenvalue weighted by atomic mass is 16.5. The molecule has 0 N–H and O–H groups in total. The predicted octanol–water partition coefficient (Wildman–Crippen LogP) is 7.39. The van der Waals surface area contributed by atoms with Gasteiger partial charge in [0.25, 0.3) is 0 Å². The molecule has 29 heavy (non-hydrogen) atoms. The molecule has 0 atom stereocenters. The van der Waals surface area contributed by atoms with Crippen LogP contribution in [0.5, 0.6) is 5.75 Å². The van der Waals surface area contributed by atoms with Crippen molar-refractivity contribution in [3.8, 4) is 11.8 Å². The lowest BCUT2D eigenvalue weighted by atomic mass is 9.69. The third kappa shape index (κ3) is 7.84. The Bertz CT molecular complexity index is 636. The first-order valence-corrected chi connectivity index (χ1v) is 11.8. The minimum atomic E-state index is -0.219. The number of nitrogens with zero attached hydrogens (tertiary/aromatic N) is 1. The summed E-state index contributed by atoms with van der Waals surface area (Å²) in [5.74, 6) is 0.446. The van der Waals surface area contributed by atoms with E-state index < -0.39 is 0 Å². The Morgan fingerprint density at radius 3 is 2.24 bits per heavy atom. The molecule has 1 aromatic rings. The molecule has 0 unspecified atom stereocenters. The summed E-state index contributed by atoms with van der Waals surface area (Å²) in [5, 5.41) is 9.74. The second-order valence-electron chi connectivity index (χ2n) is 8.85. The monoisotopic (exact) mass is 397 g/mol. The molecule has 0 amide bonds. The lowest BCUT2D eigenvalue weighted by Gasteiger charge is -2.34. The van der Waals surface area contributed by atoms with E-state index in [0.717, 1.165) is 44.9 Å². The van der Waals surface area contributed by atoms with Crippen LogP contribution in [-0.2, 0) is 11.2 Å². The van der Waals surface area contributed by atoms with Gasteiger partial charge >= 0.3 is 5.97 Å². The highest BCUT2D eigenvalue weighted by molar-refractivity contribution is 5.75. The zero-order valence-corrected chi connectivity index (χ0v) is 18.5. The predicted molar refractivity (Wildman–Crippen MR) is 119 cm³/mol. The molecule has 0 heterocycles. The standard InChI is InChI=1S/C26H39NO2/c1-3-5-7-8-10-18-26(21-27)19-16-23(17-20-26)25(28)29-24-14-12-22(13-15-24)11-9-6-4-2/h12-15,23H,3-11,16-20H2,1-2H3/t23-,26-. The second kappa shape index (κ2) is 12.7. The van der Waals surface area contributed by atoms with Crippen LogP contribution in [0.3, 0.4) is 0 Å². The number of hydrogen-bond acceptors (Lipinski definition) is 3. The third-order valence-electron chi connectivity index (χ3n) is 6.48. The molecule has 160 valence electrons. The molecule has 1 aliphatic rings. The van der Waals surface area contributed by atoms with Gasteiger partial charge in [-0.2, -0.15) is 5.26 Å². The van der Waals surface area contributed by atoms with Crippen molar-refractivity contribution < 1.29 is 9.53 Å². The van der Waals surface area contributed by atoms with Crippen LogP contribution < -0.4 is 4.74 Å². The largest absolute Gasteiger partial charge is 0.426 e. The molecule has 0 saturated heterocycles. The number of unbranched alkanes of at least 4 members (excludes halogenated alkanes) is 6. The number of esters is 1. The number of carbonyl (C=O) groups excluding carboxylic acids is 1. The van der Waals surface area contributed by atoms with E-state index in [0.29, 0.717) is 5.75 Å². The highest BCUT2D eigenvalue weighted by Gasteiger charge is 2.37. The van der Waals surface area contributed by atoms with Gasteiger partial charge in [0.05, 0.1) is 17.4 Å². The first-order valence-electron chi connectivity index (χ1n) is 11.8. The zero-order valence-electron chi connectivity index (χ0n) is 18.5. The van der Waals surface area contributed by atoms with Crippen molar-refractivity contribution in [3.05, 3.63) is 29.8 Å². The van der Waals surface area contributed by atoms with Crippen LogP contribution in [0.15, 0.2) is 24.3 Å². The van der Waals surface area contributed by atoms with Gasteiger partial charge in [-0.25, -0.2) is 0 Å². The molecule has 0 aliphatic heterocycles. The van der Waals surface area contributed by atoms with Crippen LogP contribution in [0.4, 0.5) is 0 Å². The van der Waals surface area contributed by atoms with E-state index >= 15 is 0 Å². The van der Waals surface area contributed by atoms with Gasteiger partial charge in [-0.3, -0.25) is 4.79 Å². The van der Waals surface area contributed by atoms with Gasteiger partial charge in [0.1, 0.15) is 5.75 Å². The SMILES string of the molecule is CCCCCCC[C@]1(C#N)CC[C@H](C(=O)Oc2ccc(CCCCC)cc2)CC1. The number of carbonyl (C=O) groups is 1. The molecule has 1 saturated carbocycles. The normalized spacial score (nSPS) is 21.5. The van der Waals surface area contributed by atoms with Crippen molar-refractivity contribution in [3.63, 3.8) is 0 Å². The molecule has 0 radical (unpaired) electrons. The Morgan fingerprint density at radius 2 is 1.62 bits per heavy atom. The quantitative estimate of drug-likeness (QED) is 0.210. The molecular formula is C26H39NO2. The molecule has 3 heteroatoms. The van der Waals surface area contributed by atoms with E-state index in [-0.39, 0.29) is 17.3 Å². The van der Waals surface area contributed by atoms with E-state index in [4.69, 9.17) is 4.74 Å². The van der Waals surface area contributed by atoms with E-state index in [9.17, 15) is 10.1 Å². The fourth-order valence-corrected chi connectivity index (χ4v) is 4.39. The second-order valence-corrected chi connectivity index (χ2v) is 8.85. The van der Waals surface area contributed by atoms with Gasteiger partial charge < -0.3 is 4.74 Å². The average molecular weight is 398 g/mol. The summed E-state index contributed by atoms with van der Waals surface area (Å²) in [6, 6.07) is 10.6. The van der Waals surface area contributed by atoms with Crippen LogP contribution in [0.2, 0.25) is 0 Å². The fourth-order valence-electron chi connectivity index (χ4n) is 4.39. The molecule has 2 rings (SSSR count). The van der Waals surface area contributed by atoms with E-state index in [1.807, 2.05) is 12.1 Å². The summed E-state index contributed by atoms with van der Waals surface area (Å²) in [4.78, 5) is 12.6. The van der Waals surface area contributed by atoms with Crippen molar-refractivity contribution in [2.45, 2.75) is 104 Å². The minimum absolute atomic E-state index is 0.0687. The number of hydrogen-bond donors (Lipinski definition) is 0. The third-order valence-corrected chi connectivity index (χ3v) is 6.48. The molecule has 1 fully saturated rings. The highest BCUT2D eigenvalue weighted by Crippen LogP contribution is 2.42. The number of rotatable bonds is 12. The smallest absolute Gasteiger partial charge is 0.314 e. The molecule has 0 aromatic heterocycles. The number of benzene rings is 1. The van der Waals surface area contributed by atoms with Gasteiger partial charge in [0.15, 0.2) is 0 Å². The van der Waals surface area contributed by atoms with Crippen LogP contribution in [0, 0.1) is 22.7 Å². The van der Waals surface area contributed by atoms with Gasteiger partial charge in [0, 0.05) is 0 Å². The Hall–Kier alpha value is -1.82. The summed E-state index contributed by atoms with van der Waals surface area (Å²) in [5.41, 5.74) is 1.08. The summed E-state index contributed by atoms with van der Waals surface area (Å²) in [6.07, 6.45) is 15.1. The van der Waals surface area contributed by atoms with Gasteiger partial charge in [-0.15, -0.1) is 0 Å². The van der Waals surface area contributed by atoms with Gasteiger partial charge in [-0.1, -0.05) is 70.9 Å². The first kappa shape index (κ1) is 23.5. The van der Waals surface area contributed by atoms with E-state index in [1.54, 1.807) is 0 Å². The van der Waals surface area contributed by atoms with Crippen molar-refractivity contribution in [2.75, 3.05) is 0 Å². The van der Waals surface area contributed by atoms with Crippen molar-refractivity contribution in [1.29, 1.82) is 5.26 Å². The van der Waals surface area contributed by atoms with Gasteiger partial charge in [0.2, 0.25) is 0 Å². The van der Waals surface area contributed by atoms with Crippen LogP contribution >= 0.6 is 0 Å². The maximum absolute atomic E-state index is 12.6.